The molecule has 5 heteroatoms. The van der Waals surface area contributed by atoms with Crippen molar-refractivity contribution in [1.29, 1.82) is 5.26 Å². The van der Waals surface area contributed by atoms with Crippen molar-refractivity contribution in [1.82, 2.24) is 4.90 Å². The van der Waals surface area contributed by atoms with Gasteiger partial charge < -0.3 is 15.4 Å². The average molecular weight is 295 g/mol. The molecule has 5 nitrogen and oxygen atoms in total. The topological polar surface area (TPSA) is 79.3 Å². The Hall–Kier alpha value is -2.58. The van der Waals surface area contributed by atoms with Crippen LogP contribution in [0.5, 0.6) is 0 Å². The summed E-state index contributed by atoms with van der Waals surface area (Å²) in [6.07, 6.45) is 4.85. The Morgan fingerprint density at radius 2 is 2.14 bits per heavy atom. The minimum atomic E-state index is -0.472. The molecule has 0 aromatic heterocycles. The van der Waals surface area contributed by atoms with E-state index >= 15 is 0 Å². The Balaban J connectivity index is 1.76. The molecule has 3 rings (SSSR count). The van der Waals surface area contributed by atoms with Gasteiger partial charge in [0.05, 0.1) is 18.2 Å². The molecule has 2 atom stereocenters. The van der Waals surface area contributed by atoms with Crippen LogP contribution in [-0.4, -0.2) is 30.1 Å². The first kappa shape index (κ1) is 14.4. The number of ether oxygens (including phenoxy) is 1. The maximum Gasteiger partial charge on any atom is 0.415 e. The lowest BCUT2D eigenvalue weighted by atomic mass is 9.92. The van der Waals surface area contributed by atoms with Crippen molar-refractivity contribution >= 4 is 11.7 Å². The lowest BCUT2D eigenvalue weighted by molar-refractivity contribution is 0.173. The van der Waals surface area contributed by atoms with E-state index in [9.17, 15) is 4.79 Å². The number of hydrogen-bond acceptors (Lipinski definition) is 4. The number of benzene rings is 1. The molecule has 1 aliphatic carbocycles. The predicted octanol–water partition coefficient (Wildman–Crippen LogP) is 2.20. The van der Waals surface area contributed by atoms with Crippen molar-refractivity contribution in [2.45, 2.75) is 24.9 Å². The van der Waals surface area contributed by atoms with E-state index in [0.717, 1.165) is 23.1 Å². The Bertz CT molecular complexity index is 698. The van der Waals surface area contributed by atoms with Crippen LogP contribution in [0.3, 0.4) is 0 Å². The van der Waals surface area contributed by atoms with Crippen LogP contribution in [-0.2, 0) is 11.2 Å². The molecule has 0 saturated carbocycles. The van der Waals surface area contributed by atoms with Crippen LogP contribution in [0.4, 0.5) is 4.79 Å². The number of amides is 1. The van der Waals surface area contributed by atoms with Gasteiger partial charge in [-0.3, -0.25) is 0 Å². The summed E-state index contributed by atoms with van der Waals surface area (Å²) >= 11 is 0. The quantitative estimate of drug-likeness (QED) is 0.927. The standard InChI is InChI=1S/C17H17N3O2/c1-20-15-9-13(6-7-16(15)22-17(20)21)12-4-2-11(3-5-12)8-14(19)10-18/h2-7,14-15H,8-9,19H2,1H3/t14-,15?/m0/s1. The largest absolute Gasteiger partial charge is 0.415 e. The third-order valence-electron chi connectivity index (χ3n) is 4.10. The zero-order valence-electron chi connectivity index (χ0n) is 12.3. The fourth-order valence-corrected chi connectivity index (χ4v) is 2.77. The van der Waals surface area contributed by atoms with Gasteiger partial charge in [-0.1, -0.05) is 30.3 Å². The van der Waals surface area contributed by atoms with E-state index in [-0.39, 0.29) is 12.1 Å². The van der Waals surface area contributed by atoms with Gasteiger partial charge >= 0.3 is 6.09 Å². The fourth-order valence-electron chi connectivity index (χ4n) is 2.77. The summed E-state index contributed by atoms with van der Waals surface area (Å²) in [6, 6.07) is 9.59. The number of carbonyl (C=O) groups excluding carboxylic acids is 1. The molecule has 1 fully saturated rings. The van der Waals surface area contributed by atoms with Crippen LogP contribution >= 0.6 is 0 Å². The molecular weight excluding hydrogens is 278 g/mol. The summed E-state index contributed by atoms with van der Waals surface area (Å²) in [4.78, 5) is 13.2. The summed E-state index contributed by atoms with van der Waals surface area (Å²) < 4.78 is 5.20. The highest BCUT2D eigenvalue weighted by atomic mass is 16.6. The fraction of sp³-hybridized carbons (Fsp3) is 0.294. The lowest BCUT2D eigenvalue weighted by Gasteiger charge is -2.21. The van der Waals surface area contributed by atoms with Gasteiger partial charge in [0.2, 0.25) is 0 Å². The third-order valence-corrected chi connectivity index (χ3v) is 4.10. The zero-order valence-corrected chi connectivity index (χ0v) is 12.3. The number of allylic oxidation sites excluding steroid dienone is 2. The van der Waals surface area contributed by atoms with Crippen LogP contribution in [0.15, 0.2) is 42.2 Å². The Morgan fingerprint density at radius 1 is 1.41 bits per heavy atom. The number of rotatable bonds is 3. The summed E-state index contributed by atoms with van der Waals surface area (Å²) in [6.45, 7) is 0. The highest BCUT2D eigenvalue weighted by molar-refractivity contribution is 5.77. The maximum atomic E-state index is 11.6. The summed E-state index contributed by atoms with van der Waals surface area (Å²) in [5, 5.41) is 8.75. The lowest BCUT2D eigenvalue weighted by Crippen LogP contribution is -2.29. The van der Waals surface area contributed by atoms with Gasteiger partial charge in [-0.15, -0.1) is 0 Å². The van der Waals surface area contributed by atoms with Gasteiger partial charge in [-0.05, 0) is 22.8 Å². The molecule has 112 valence electrons. The molecule has 2 N–H and O–H groups in total. The highest BCUT2D eigenvalue weighted by Gasteiger charge is 2.36. The molecule has 22 heavy (non-hydrogen) atoms. The number of carbonyl (C=O) groups is 1. The average Bonchev–Trinajstić information content (AvgIpc) is 2.82. The molecule has 1 heterocycles. The summed E-state index contributed by atoms with van der Waals surface area (Å²) in [5.74, 6) is 0.716. The zero-order chi connectivity index (χ0) is 15.7. The summed E-state index contributed by atoms with van der Waals surface area (Å²) in [7, 11) is 1.75. The van der Waals surface area contributed by atoms with Crippen molar-refractivity contribution in [3.05, 3.63) is 53.3 Å². The maximum absolute atomic E-state index is 11.6. The van der Waals surface area contributed by atoms with Crippen molar-refractivity contribution < 1.29 is 9.53 Å². The van der Waals surface area contributed by atoms with Gasteiger partial charge in [0, 0.05) is 19.9 Å². The number of nitriles is 1. The number of nitrogens with two attached hydrogens (primary N) is 1. The SMILES string of the molecule is CN1C(=O)OC2=CC=C(c3ccc(C[C@H](N)C#N)cc3)CC21. The van der Waals surface area contributed by atoms with E-state index in [1.807, 2.05) is 42.5 Å². The van der Waals surface area contributed by atoms with E-state index in [4.69, 9.17) is 15.7 Å². The molecule has 1 amide bonds. The molecule has 1 aliphatic heterocycles. The molecule has 0 bridgehead atoms. The Labute approximate surface area is 129 Å². The predicted molar refractivity (Wildman–Crippen MR) is 82.4 cm³/mol. The van der Waals surface area contributed by atoms with Crippen LogP contribution < -0.4 is 5.73 Å². The van der Waals surface area contributed by atoms with E-state index in [0.29, 0.717) is 12.2 Å². The summed E-state index contributed by atoms with van der Waals surface area (Å²) in [5.41, 5.74) is 8.96. The van der Waals surface area contributed by atoms with E-state index < -0.39 is 6.04 Å². The Morgan fingerprint density at radius 3 is 2.82 bits per heavy atom. The van der Waals surface area contributed by atoms with Crippen LogP contribution in [0, 0.1) is 11.3 Å². The minimum absolute atomic E-state index is 0.0146. The van der Waals surface area contributed by atoms with Gasteiger partial charge in [0.25, 0.3) is 0 Å². The molecule has 1 aromatic carbocycles. The first-order valence-electron chi connectivity index (χ1n) is 7.18. The van der Waals surface area contributed by atoms with Crippen LogP contribution in [0.25, 0.3) is 5.57 Å². The number of nitrogens with zero attached hydrogens (tertiary/aromatic N) is 2. The van der Waals surface area contributed by atoms with Crippen molar-refractivity contribution in [3.8, 4) is 6.07 Å². The molecule has 2 aliphatic rings. The first-order chi connectivity index (χ1) is 10.6. The molecule has 1 aromatic rings. The second-order valence-electron chi connectivity index (χ2n) is 5.60. The van der Waals surface area contributed by atoms with Crippen LogP contribution in [0.2, 0.25) is 0 Å². The van der Waals surface area contributed by atoms with Crippen molar-refractivity contribution in [2.75, 3.05) is 7.05 Å². The molecule has 0 radical (unpaired) electrons. The Kier molecular flexibility index (Phi) is 3.70. The second-order valence-corrected chi connectivity index (χ2v) is 5.60. The number of likely N-dealkylation sites (N-methyl/N-ethyl adjacent to an activating group) is 1. The van der Waals surface area contributed by atoms with E-state index in [1.54, 1.807) is 11.9 Å². The number of fused-ring (bicyclic) bond motifs is 1. The third kappa shape index (κ3) is 2.61. The van der Waals surface area contributed by atoms with E-state index in [2.05, 4.69) is 0 Å². The monoisotopic (exact) mass is 295 g/mol. The minimum Gasteiger partial charge on any atom is -0.412 e. The second kappa shape index (κ2) is 5.66. The molecule has 1 unspecified atom stereocenters. The highest BCUT2D eigenvalue weighted by Crippen LogP contribution is 2.34. The van der Waals surface area contributed by atoms with E-state index in [1.165, 1.54) is 0 Å². The first-order valence-corrected chi connectivity index (χ1v) is 7.18. The molecule has 1 saturated heterocycles. The number of hydrogen-bond donors (Lipinski definition) is 1. The van der Waals surface area contributed by atoms with Crippen molar-refractivity contribution in [3.63, 3.8) is 0 Å². The normalized spacial score (nSPS) is 21.4. The van der Waals surface area contributed by atoms with Gasteiger partial charge in [-0.25, -0.2) is 4.79 Å². The molecular formula is C17H17N3O2. The van der Waals surface area contributed by atoms with Crippen molar-refractivity contribution in [2.24, 2.45) is 5.73 Å². The van der Waals surface area contributed by atoms with Gasteiger partial charge in [0.1, 0.15) is 5.76 Å². The van der Waals surface area contributed by atoms with Crippen LogP contribution in [0.1, 0.15) is 17.5 Å². The molecule has 0 spiro atoms. The van der Waals surface area contributed by atoms with Gasteiger partial charge in [-0.2, -0.15) is 5.26 Å². The van der Waals surface area contributed by atoms with Gasteiger partial charge in [0.15, 0.2) is 0 Å². The smallest absolute Gasteiger partial charge is 0.412 e.